The van der Waals surface area contributed by atoms with Crippen molar-refractivity contribution in [1.82, 2.24) is 9.80 Å². The SMILES string of the molecule is CN(C(=O)OC(C)(C)C)[C@H]1CCN(CCC(F)(F)F)C1. The number of likely N-dealkylation sites (N-methyl/N-ethyl adjacent to an activating group) is 1. The molecule has 0 bridgehead atoms. The first kappa shape index (κ1) is 17.1. The van der Waals surface area contributed by atoms with Gasteiger partial charge in [-0.3, -0.25) is 0 Å². The monoisotopic (exact) mass is 296 g/mol. The Balaban J connectivity index is 2.41. The number of nitrogens with zero attached hydrogens (tertiary/aromatic N) is 2. The number of likely N-dealkylation sites (tertiary alicyclic amines) is 1. The summed E-state index contributed by atoms with van der Waals surface area (Å²) in [6.45, 7) is 6.37. The molecule has 0 aromatic rings. The lowest BCUT2D eigenvalue weighted by Crippen LogP contribution is -2.42. The van der Waals surface area contributed by atoms with Crippen LogP contribution in [-0.2, 0) is 4.74 Å². The topological polar surface area (TPSA) is 32.8 Å². The Hall–Kier alpha value is -0.980. The summed E-state index contributed by atoms with van der Waals surface area (Å²) in [4.78, 5) is 15.1. The Labute approximate surface area is 117 Å². The molecule has 0 radical (unpaired) electrons. The number of hydrogen-bond donors (Lipinski definition) is 0. The minimum Gasteiger partial charge on any atom is -0.444 e. The van der Waals surface area contributed by atoms with Gasteiger partial charge < -0.3 is 14.5 Å². The van der Waals surface area contributed by atoms with Gasteiger partial charge in [0.05, 0.1) is 6.42 Å². The number of hydrogen-bond acceptors (Lipinski definition) is 3. The number of rotatable bonds is 3. The molecule has 0 aromatic heterocycles. The van der Waals surface area contributed by atoms with Gasteiger partial charge in [-0.1, -0.05) is 0 Å². The predicted octanol–water partition coefficient (Wildman–Crippen LogP) is 2.88. The quantitative estimate of drug-likeness (QED) is 0.803. The van der Waals surface area contributed by atoms with E-state index in [1.165, 1.54) is 4.90 Å². The maximum absolute atomic E-state index is 12.2. The van der Waals surface area contributed by atoms with Crippen molar-refractivity contribution >= 4 is 6.09 Å². The van der Waals surface area contributed by atoms with Crippen LogP contribution in [0.1, 0.15) is 33.6 Å². The molecule has 1 aliphatic heterocycles. The molecule has 0 aliphatic carbocycles. The minimum atomic E-state index is -4.13. The molecule has 118 valence electrons. The van der Waals surface area contributed by atoms with E-state index in [4.69, 9.17) is 4.74 Å². The van der Waals surface area contributed by atoms with Gasteiger partial charge >= 0.3 is 12.3 Å². The molecule has 1 amide bonds. The highest BCUT2D eigenvalue weighted by Gasteiger charge is 2.33. The van der Waals surface area contributed by atoms with Crippen LogP contribution in [0.3, 0.4) is 0 Å². The van der Waals surface area contributed by atoms with Crippen LogP contribution in [-0.4, -0.2) is 60.4 Å². The number of carbonyl (C=O) groups excluding carboxylic acids is 1. The number of carbonyl (C=O) groups is 1. The highest BCUT2D eigenvalue weighted by molar-refractivity contribution is 5.68. The smallest absolute Gasteiger partial charge is 0.410 e. The first-order valence-electron chi connectivity index (χ1n) is 6.73. The summed E-state index contributed by atoms with van der Waals surface area (Å²) < 4.78 is 41.8. The largest absolute Gasteiger partial charge is 0.444 e. The zero-order valence-electron chi connectivity index (χ0n) is 12.5. The van der Waals surface area contributed by atoms with Crippen molar-refractivity contribution in [3.05, 3.63) is 0 Å². The van der Waals surface area contributed by atoms with Crippen LogP contribution in [0, 0.1) is 0 Å². The molecule has 0 aromatic carbocycles. The summed E-state index contributed by atoms with van der Waals surface area (Å²) in [7, 11) is 1.63. The Kier molecular flexibility index (Phi) is 5.29. The number of halogens is 3. The van der Waals surface area contributed by atoms with Crippen molar-refractivity contribution in [2.24, 2.45) is 0 Å². The third-order valence-corrected chi connectivity index (χ3v) is 3.19. The minimum absolute atomic E-state index is 0.0117. The summed E-state index contributed by atoms with van der Waals surface area (Å²) >= 11 is 0. The van der Waals surface area contributed by atoms with E-state index >= 15 is 0 Å². The molecule has 1 fully saturated rings. The van der Waals surface area contributed by atoms with Gasteiger partial charge in [-0.2, -0.15) is 13.2 Å². The fraction of sp³-hybridized carbons (Fsp3) is 0.923. The third kappa shape index (κ3) is 5.98. The van der Waals surface area contributed by atoms with Crippen LogP contribution in [0.25, 0.3) is 0 Å². The average Bonchev–Trinajstić information content (AvgIpc) is 2.70. The Morgan fingerprint density at radius 3 is 2.45 bits per heavy atom. The molecule has 1 atom stereocenters. The lowest BCUT2D eigenvalue weighted by atomic mass is 10.2. The Morgan fingerprint density at radius 1 is 1.35 bits per heavy atom. The number of ether oxygens (including phenoxy) is 1. The molecule has 0 spiro atoms. The zero-order chi connectivity index (χ0) is 15.6. The Morgan fingerprint density at radius 2 is 1.95 bits per heavy atom. The molecule has 1 rings (SSSR count). The highest BCUT2D eigenvalue weighted by Crippen LogP contribution is 2.23. The van der Waals surface area contributed by atoms with Gasteiger partial charge in [0.25, 0.3) is 0 Å². The first-order chi connectivity index (χ1) is 8.98. The van der Waals surface area contributed by atoms with Crippen molar-refractivity contribution in [3.63, 3.8) is 0 Å². The lowest BCUT2D eigenvalue weighted by Gasteiger charge is -2.28. The molecular weight excluding hydrogens is 273 g/mol. The van der Waals surface area contributed by atoms with Crippen molar-refractivity contribution < 1.29 is 22.7 Å². The van der Waals surface area contributed by atoms with Crippen LogP contribution in [0.4, 0.5) is 18.0 Å². The van der Waals surface area contributed by atoms with Gasteiger partial charge in [0, 0.05) is 32.7 Å². The number of alkyl halides is 3. The highest BCUT2D eigenvalue weighted by atomic mass is 19.4. The molecule has 20 heavy (non-hydrogen) atoms. The van der Waals surface area contributed by atoms with E-state index in [9.17, 15) is 18.0 Å². The van der Waals surface area contributed by atoms with Crippen LogP contribution < -0.4 is 0 Å². The van der Waals surface area contributed by atoms with E-state index in [0.717, 1.165) is 0 Å². The standard InChI is InChI=1S/C13H23F3N2O2/c1-12(2,3)20-11(19)17(4)10-5-7-18(9-10)8-6-13(14,15)16/h10H,5-9H2,1-4H3/t10-/m0/s1. The first-order valence-corrected chi connectivity index (χ1v) is 6.73. The van der Waals surface area contributed by atoms with Gasteiger partial charge in [-0.05, 0) is 27.2 Å². The predicted molar refractivity (Wildman–Crippen MR) is 69.5 cm³/mol. The maximum Gasteiger partial charge on any atom is 0.410 e. The van der Waals surface area contributed by atoms with Gasteiger partial charge in [-0.25, -0.2) is 4.79 Å². The van der Waals surface area contributed by atoms with E-state index in [1.54, 1.807) is 32.7 Å². The summed E-state index contributed by atoms with van der Waals surface area (Å²) in [5, 5.41) is 0. The summed E-state index contributed by atoms with van der Waals surface area (Å²) in [5.41, 5.74) is -0.570. The average molecular weight is 296 g/mol. The summed E-state index contributed by atoms with van der Waals surface area (Å²) in [6, 6.07) is -0.0851. The van der Waals surface area contributed by atoms with Crippen LogP contribution in [0.15, 0.2) is 0 Å². The lowest BCUT2D eigenvalue weighted by molar-refractivity contribution is -0.137. The van der Waals surface area contributed by atoms with Crippen LogP contribution >= 0.6 is 0 Å². The third-order valence-electron chi connectivity index (χ3n) is 3.19. The molecule has 7 heteroatoms. The van der Waals surface area contributed by atoms with E-state index in [-0.39, 0.29) is 12.6 Å². The van der Waals surface area contributed by atoms with Crippen molar-refractivity contribution in [3.8, 4) is 0 Å². The van der Waals surface area contributed by atoms with Gasteiger partial charge in [0.1, 0.15) is 5.60 Å². The normalized spacial score (nSPS) is 21.1. The molecule has 0 unspecified atom stereocenters. The summed E-state index contributed by atoms with van der Waals surface area (Å²) in [6.07, 6.45) is -4.70. The second kappa shape index (κ2) is 6.20. The van der Waals surface area contributed by atoms with E-state index in [0.29, 0.717) is 19.5 Å². The van der Waals surface area contributed by atoms with Gasteiger partial charge in [-0.15, -0.1) is 0 Å². The molecule has 0 N–H and O–H groups in total. The van der Waals surface area contributed by atoms with Gasteiger partial charge in [0.15, 0.2) is 0 Å². The molecular formula is C13H23F3N2O2. The second-order valence-corrected chi connectivity index (χ2v) is 6.20. The van der Waals surface area contributed by atoms with E-state index < -0.39 is 24.3 Å². The fourth-order valence-corrected chi connectivity index (χ4v) is 2.10. The van der Waals surface area contributed by atoms with Crippen LogP contribution in [0.2, 0.25) is 0 Å². The van der Waals surface area contributed by atoms with Gasteiger partial charge in [0.2, 0.25) is 0 Å². The Bertz CT molecular complexity index is 339. The van der Waals surface area contributed by atoms with Crippen molar-refractivity contribution in [1.29, 1.82) is 0 Å². The molecule has 4 nitrogen and oxygen atoms in total. The van der Waals surface area contributed by atoms with Crippen molar-refractivity contribution in [2.75, 3.05) is 26.7 Å². The van der Waals surface area contributed by atoms with Crippen LogP contribution in [0.5, 0.6) is 0 Å². The number of amides is 1. The molecule has 1 aliphatic rings. The van der Waals surface area contributed by atoms with E-state index in [2.05, 4.69) is 0 Å². The van der Waals surface area contributed by atoms with Crippen molar-refractivity contribution in [2.45, 2.75) is 51.4 Å². The zero-order valence-corrected chi connectivity index (χ0v) is 12.5. The summed E-state index contributed by atoms with van der Waals surface area (Å²) in [5.74, 6) is 0. The molecule has 1 saturated heterocycles. The maximum atomic E-state index is 12.2. The molecule has 1 heterocycles. The molecule has 0 saturated carbocycles. The van der Waals surface area contributed by atoms with E-state index in [1.807, 2.05) is 0 Å². The second-order valence-electron chi connectivity index (χ2n) is 6.20. The fourth-order valence-electron chi connectivity index (χ4n) is 2.10.